The monoisotopic (exact) mass is 354 g/mol. The minimum absolute atomic E-state index is 0.673. The van der Waals surface area contributed by atoms with Crippen molar-refractivity contribution in [3.8, 4) is 22.3 Å². The molecule has 1 aromatic heterocycles. The number of nitrogens with zero attached hydrogens (tertiary/aromatic N) is 2. The summed E-state index contributed by atoms with van der Waals surface area (Å²) in [5.74, 6) is 0.810. The topological polar surface area (TPSA) is 16.1 Å². The van der Waals surface area contributed by atoms with Gasteiger partial charge in [0, 0.05) is 28.4 Å². The average Bonchev–Trinajstić information content (AvgIpc) is 2.81. The molecule has 5 rings (SSSR count). The smallest absolute Gasteiger partial charge is 0.139 e. The van der Waals surface area contributed by atoms with Crippen LogP contribution >= 0.6 is 11.6 Å². The summed E-state index contributed by atoms with van der Waals surface area (Å²) in [4.78, 5) is 6.80. The highest BCUT2D eigenvalue weighted by Gasteiger charge is 2.25. The van der Waals surface area contributed by atoms with Gasteiger partial charge in [0.25, 0.3) is 0 Å². The normalized spacial score (nSPS) is 12.0. The van der Waals surface area contributed by atoms with Crippen molar-refractivity contribution in [2.75, 3.05) is 4.90 Å². The molecule has 0 saturated carbocycles. The maximum Gasteiger partial charge on any atom is 0.139 e. The third kappa shape index (κ3) is 2.31. The molecule has 3 heteroatoms. The third-order valence-electron chi connectivity index (χ3n) is 4.73. The van der Waals surface area contributed by atoms with Gasteiger partial charge in [0.1, 0.15) is 5.82 Å². The molecule has 1 aliphatic rings. The van der Waals surface area contributed by atoms with E-state index in [1.165, 1.54) is 22.3 Å². The van der Waals surface area contributed by atoms with E-state index in [1.807, 2.05) is 6.07 Å². The Labute approximate surface area is 157 Å². The number of aromatic nitrogens is 1. The number of hydrogen-bond donors (Lipinski definition) is 0. The van der Waals surface area contributed by atoms with Crippen molar-refractivity contribution >= 4 is 28.8 Å². The zero-order chi connectivity index (χ0) is 17.5. The summed E-state index contributed by atoms with van der Waals surface area (Å²) >= 11 is 6.28. The van der Waals surface area contributed by atoms with E-state index in [4.69, 9.17) is 11.6 Å². The molecule has 124 valence electrons. The second kappa shape index (κ2) is 6.01. The molecule has 0 radical (unpaired) electrons. The minimum Gasteiger partial charge on any atom is -0.294 e. The zero-order valence-electron chi connectivity index (χ0n) is 13.9. The Morgan fingerprint density at radius 2 is 1.12 bits per heavy atom. The summed E-state index contributed by atoms with van der Waals surface area (Å²) < 4.78 is 0. The maximum absolute atomic E-state index is 6.28. The second-order valence-corrected chi connectivity index (χ2v) is 6.68. The van der Waals surface area contributed by atoms with Crippen molar-refractivity contribution in [3.05, 3.63) is 96.1 Å². The Bertz CT molecular complexity index is 1050. The van der Waals surface area contributed by atoms with Crippen molar-refractivity contribution in [1.29, 1.82) is 0 Å². The molecule has 0 aliphatic carbocycles. The fourth-order valence-electron chi connectivity index (χ4n) is 3.64. The van der Waals surface area contributed by atoms with Gasteiger partial charge in [-0.05, 0) is 29.3 Å². The molecule has 0 atom stereocenters. The number of benzene rings is 3. The highest BCUT2D eigenvalue weighted by Crippen LogP contribution is 2.49. The van der Waals surface area contributed by atoms with Crippen LogP contribution in [-0.2, 0) is 0 Å². The van der Waals surface area contributed by atoms with Crippen LogP contribution in [0.15, 0.2) is 91.1 Å². The van der Waals surface area contributed by atoms with E-state index in [2.05, 4.69) is 82.7 Å². The predicted molar refractivity (Wildman–Crippen MR) is 108 cm³/mol. The number of hydrogen-bond acceptors (Lipinski definition) is 2. The Morgan fingerprint density at radius 3 is 1.65 bits per heavy atom. The van der Waals surface area contributed by atoms with Gasteiger partial charge in [0.2, 0.25) is 0 Å². The fourth-order valence-corrected chi connectivity index (χ4v) is 3.79. The van der Waals surface area contributed by atoms with E-state index in [0.29, 0.717) is 5.02 Å². The second-order valence-electron chi connectivity index (χ2n) is 6.25. The lowest BCUT2D eigenvalue weighted by molar-refractivity contribution is 1.19. The van der Waals surface area contributed by atoms with Gasteiger partial charge in [0.15, 0.2) is 0 Å². The van der Waals surface area contributed by atoms with Gasteiger partial charge < -0.3 is 0 Å². The van der Waals surface area contributed by atoms with E-state index in [1.54, 1.807) is 12.3 Å². The largest absolute Gasteiger partial charge is 0.294 e. The molecular weight excluding hydrogens is 340 g/mol. The van der Waals surface area contributed by atoms with Crippen LogP contribution in [0, 0.1) is 0 Å². The van der Waals surface area contributed by atoms with E-state index in [-0.39, 0.29) is 0 Å². The summed E-state index contributed by atoms with van der Waals surface area (Å²) in [5, 5.41) is 0.673. The molecule has 0 fully saturated rings. The van der Waals surface area contributed by atoms with Gasteiger partial charge in [-0.1, -0.05) is 72.3 Å². The molecule has 0 N–H and O–H groups in total. The van der Waals surface area contributed by atoms with E-state index in [0.717, 1.165) is 17.2 Å². The summed E-state index contributed by atoms with van der Waals surface area (Å²) in [5.41, 5.74) is 7.00. The highest BCUT2D eigenvalue weighted by molar-refractivity contribution is 6.30. The van der Waals surface area contributed by atoms with Crippen LogP contribution in [0.2, 0.25) is 5.02 Å². The van der Waals surface area contributed by atoms with Crippen molar-refractivity contribution in [3.63, 3.8) is 0 Å². The molecule has 0 bridgehead atoms. The van der Waals surface area contributed by atoms with E-state index in [9.17, 15) is 0 Å². The van der Waals surface area contributed by atoms with E-state index >= 15 is 0 Å². The van der Waals surface area contributed by atoms with Gasteiger partial charge in [-0.15, -0.1) is 0 Å². The molecule has 0 amide bonds. The number of pyridine rings is 1. The molecule has 4 aromatic rings. The number of halogens is 1. The molecule has 2 heterocycles. The molecule has 0 spiro atoms. The summed E-state index contributed by atoms with van der Waals surface area (Å²) in [6.07, 6.45) is 1.75. The molecular formula is C23H15ClN2. The third-order valence-corrected chi connectivity index (χ3v) is 4.97. The first-order chi connectivity index (χ1) is 12.8. The van der Waals surface area contributed by atoms with Crippen LogP contribution < -0.4 is 4.90 Å². The summed E-state index contributed by atoms with van der Waals surface area (Å²) in [7, 11) is 0. The van der Waals surface area contributed by atoms with Crippen molar-refractivity contribution in [1.82, 2.24) is 4.98 Å². The van der Waals surface area contributed by atoms with Gasteiger partial charge in [0.05, 0.1) is 11.4 Å². The van der Waals surface area contributed by atoms with Crippen LogP contribution in [0.25, 0.3) is 22.3 Å². The first-order valence-electron chi connectivity index (χ1n) is 8.52. The minimum atomic E-state index is 0.673. The van der Waals surface area contributed by atoms with Crippen LogP contribution in [0.4, 0.5) is 17.2 Å². The average molecular weight is 355 g/mol. The molecule has 0 saturated heterocycles. The lowest BCUT2D eigenvalue weighted by Crippen LogP contribution is -2.12. The summed E-state index contributed by atoms with van der Waals surface area (Å²) in [6, 6.07) is 29.1. The van der Waals surface area contributed by atoms with Crippen molar-refractivity contribution < 1.29 is 0 Å². The van der Waals surface area contributed by atoms with Crippen molar-refractivity contribution in [2.24, 2.45) is 0 Å². The van der Waals surface area contributed by atoms with Crippen LogP contribution in [0.1, 0.15) is 0 Å². The fraction of sp³-hybridized carbons (Fsp3) is 0. The number of fused-ring (bicyclic) bond motifs is 5. The van der Waals surface area contributed by atoms with E-state index < -0.39 is 0 Å². The molecule has 2 nitrogen and oxygen atoms in total. The number of anilines is 3. The molecule has 0 unspecified atom stereocenters. The van der Waals surface area contributed by atoms with Crippen LogP contribution in [-0.4, -0.2) is 4.98 Å². The Kier molecular flexibility index (Phi) is 3.51. The Hall–Kier alpha value is -3.10. The summed E-state index contributed by atoms with van der Waals surface area (Å²) in [6.45, 7) is 0. The lowest BCUT2D eigenvalue weighted by atomic mass is 9.95. The standard InChI is InChI=1S/C23H15ClN2/c24-16-13-14-25-23(15-16)26-21-11-5-3-9-19(21)17-7-1-2-8-18(17)20-10-4-6-12-22(20)26/h1-15H. The molecule has 26 heavy (non-hydrogen) atoms. The van der Waals surface area contributed by atoms with Crippen LogP contribution in [0.3, 0.4) is 0 Å². The zero-order valence-corrected chi connectivity index (χ0v) is 14.7. The Morgan fingerprint density at radius 1 is 0.615 bits per heavy atom. The Balaban J connectivity index is 1.91. The van der Waals surface area contributed by atoms with Crippen LogP contribution in [0.5, 0.6) is 0 Å². The molecule has 3 aromatic carbocycles. The maximum atomic E-state index is 6.28. The lowest BCUT2D eigenvalue weighted by Gasteiger charge is -2.26. The quantitative estimate of drug-likeness (QED) is 0.327. The first kappa shape index (κ1) is 15.2. The predicted octanol–water partition coefficient (Wildman–Crippen LogP) is 6.85. The van der Waals surface area contributed by atoms with Gasteiger partial charge in [-0.25, -0.2) is 4.98 Å². The van der Waals surface area contributed by atoms with Gasteiger partial charge >= 0.3 is 0 Å². The highest BCUT2D eigenvalue weighted by atomic mass is 35.5. The number of rotatable bonds is 1. The molecule has 1 aliphatic heterocycles. The first-order valence-corrected chi connectivity index (χ1v) is 8.90. The van der Waals surface area contributed by atoms with Gasteiger partial charge in [-0.2, -0.15) is 0 Å². The number of para-hydroxylation sites is 2. The van der Waals surface area contributed by atoms with Gasteiger partial charge in [-0.3, -0.25) is 4.90 Å². The van der Waals surface area contributed by atoms with Crippen molar-refractivity contribution in [2.45, 2.75) is 0 Å². The SMILES string of the molecule is Clc1ccnc(N2c3ccccc3-c3ccccc3-c3ccccc32)c1.